The van der Waals surface area contributed by atoms with Gasteiger partial charge in [0.2, 0.25) is 0 Å². The first-order valence-electron chi connectivity index (χ1n) is 8.04. The molecule has 11 heteroatoms. The van der Waals surface area contributed by atoms with Crippen molar-refractivity contribution in [3.05, 3.63) is 58.9 Å². The van der Waals surface area contributed by atoms with Crippen LogP contribution in [0.1, 0.15) is 26.4 Å². The minimum atomic E-state index is -3.54. The minimum Gasteiger partial charge on any atom is -0.356 e. The van der Waals surface area contributed by atoms with Crippen LogP contribution in [0.5, 0.6) is 0 Å². The summed E-state index contributed by atoms with van der Waals surface area (Å²) in [5.41, 5.74) is 0.107. The third kappa shape index (κ3) is 4.17. The highest BCUT2D eigenvalue weighted by Crippen LogP contribution is 2.16. The van der Waals surface area contributed by atoms with E-state index in [4.69, 9.17) is 5.26 Å². The average Bonchev–Trinajstić information content (AvgIpc) is 3.21. The Balaban J connectivity index is 1.74. The molecule has 0 bridgehead atoms. The summed E-state index contributed by atoms with van der Waals surface area (Å²) in [4.78, 5) is 27.1. The largest absolute Gasteiger partial charge is 0.356 e. The lowest BCUT2D eigenvalue weighted by atomic mass is 10.1. The molecule has 146 valence electrons. The minimum absolute atomic E-state index is 0.0616. The third-order valence-electron chi connectivity index (χ3n) is 4.22. The van der Waals surface area contributed by atoms with Crippen molar-refractivity contribution in [1.82, 2.24) is 15.6 Å². The van der Waals surface area contributed by atoms with E-state index in [1.54, 1.807) is 0 Å². The zero-order valence-corrected chi connectivity index (χ0v) is 15.0. The summed E-state index contributed by atoms with van der Waals surface area (Å²) in [6.45, 7) is 0. The lowest BCUT2D eigenvalue weighted by molar-refractivity contribution is 0.0894. The predicted molar refractivity (Wildman–Crippen MR) is 93.0 cm³/mol. The van der Waals surface area contributed by atoms with Gasteiger partial charge in [-0.05, 0) is 24.3 Å². The molecule has 1 aromatic carbocycles. The number of aromatic amines is 1. The Bertz CT molecular complexity index is 1090. The van der Waals surface area contributed by atoms with Crippen molar-refractivity contribution in [2.24, 2.45) is 0 Å². The molecule has 3 N–H and O–H groups in total. The van der Waals surface area contributed by atoms with E-state index in [9.17, 15) is 26.8 Å². The number of benzene rings is 1. The maximum absolute atomic E-state index is 13.3. The first kappa shape index (κ1) is 19.5. The van der Waals surface area contributed by atoms with Crippen LogP contribution in [0.2, 0.25) is 0 Å². The van der Waals surface area contributed by atoms with E-state index in [0.717, 1.165) is 12.1 Å². The van der Waals surface area contributed by atoms with Crippen molar-refractivity contribution >= 4 is 21.7 Å². The molecule has 0 spiro atoms. The smallest absolute Gasteiger partial charge is 0.268 e. The summed E-state index contributed by atoms with van der Waals surface area (Å²) >= 11 is 0. The van der Waals surface area contributed by atoms with Gasteiger partial charge in [-0.1, -0.05) is 0 Å². The lowest BCUT2D eigenvalue weighted by Crippen LogP contribution is -2.51. The number of sulfone groups is 1. The first-order valence-corrected chi connectivity index (χ1v) is 9.86. The Kier molecular flexibility index (Phi) is 5.15. The first-order chi connectivity index (χ1) is 13.2. The molecule has 0 radical (unpaired) electrons. The average molecular weight is 408 g/mol. The maximum Gasteiger partial charge on any atom is 0.268 e. The van der Waals surface area contributed by atoms with Crippen molar-refractivity contribution in [3.63, 3.8) is 0 Å². The van der Waals surface area contributed by atoms with Crippen molar-refractivity contribution < 1.29 is 26.8 Å². The second-order valence-electron chi connectivity index (χ2n) is 6.28. The fourth-order valence-electron chi connectivity index (χ4n) is 2.86. The number of nitrogens with zero attached hydrogens (tertiary/aromatic N) is 1. The van der Waals surface area contributed by atoms with E-state index in [1.165, 1.54) is 12.3 Å². The second-order valence-corrected chi connectivity index (χ2v) is 8.43. The van der Waals surface area contributed by atoms with Gasteiger partial charge in [0.25, 0.3) is 11.8 Å². The summed E-state index contributed by atoms with van der Waals surface area (Å²) in [6.07, 6.45) is 1.32. The van der Waals surface area contributed by atoms with Gasteiger partial charge in [-0.25, -0.2) is 17.2 Å². The topological polar surface area (TPSA) is 132 Å². The molecule has 2 aromatic rings. The fraction of sp³-hybridized carbons (Fsp3) is 0.235. The van der Waals surface area contributed by atoms with E-state index in [-0.39, 0.29) is 16.8 Å². The van der Waals surface area contributed by atoms with Gasteiger partial charge in [-0.2, -0.15) is 5.26 Å². The summed E-state index contributed by atoms with van der Waals surface area (Å²) in [7, 11) is -3.54. The number of halogens is 2. The van der Waals surface area contributed by atoms with Crippen LogP contribution in [0, 0.1) is 23.0 Å². The number of carbonyl (C=O) groups excluding carboxylic acids is 2. The Morgan fingerprint density at radius 2 is 1.71 bits per heavy atom. The number of rotatable bonds is 4. The highest BCUT2D eigenvalue weighted by Gasteiger charge is 2.39. The van der Waals surface area contributed by atoms with Crippen LogP contribution in [0.3, 0.4) is 0 Å². The summed E-state index contributed by atoms with van der Waals surface area (Å²) < 4.78 is 50.3. The maximum atomic E-state index is 13.3. The molecule has 0 aliphatic carbocycles. The van der Waals surface area contributed by atoms with E-state index in [1.807, 2.05) is 6.07 Å². The van der Waals surface area contributed by atoms with E-state index in [0.29, 0.717) is 6.07 Å². The molecule has 1 aromatic heterocycles. The van der Waals surface area contributed by atoms with Crippen LogP contribution in [0.15, 0.2) is 30.5 Å². The van der Waals surface area contributed by atoms with Crippen LogP contribution < -0.4 is 10.6 Å². The Morgan fingerprint density at radius 3 is 2.29 bits per heavy atom. The lowest BCUT2D eigenvalue weighted by Gasteiger charge is -2.20. The van der Waals surface area contributed by atoms with Gasteiger partial charge in [0.15, 0.2) is 21.5 Å². The van der Waals surface area contributed by atoms with E-state index in [2.05, 4.69) is 15.6 Å². The van der Waals surface area contributed by atoms with Gasteiger partial charge < -0.3 is 15.6 Å². The highest BCUT2D eigenvalue weighted by atomic mass is 32.2. The van der Waals surface area contributed by atoms with Gasteiger partial charge in [-0.15, -0.1) is 0 Å². The third-order valence-corrected chi connectivity index (χ3v) is 5.96. The van der Waals surface area contributed by atoms with Crippen LogP contribution in [-0.4, -0.2) is 48.8 Å². The van der Waals surface area contributed by atoms with Crippen LogP contribution in [0.25, 0.3) is 0 Å². The van der Waals surface area contributed by atoms with Crippen LogP contribution in [-0.2, 0) is 9.84 Å². The zero-order valence-electron chi connectivity index (χ0n) is 14.2. The summed E-state index contributed by atoms with van der Waals surface area (Å²) in [5, 5.41) is 13.7. The normalized spacial score (nSPS) is 20.3. The van der Waals surface area contributed by atoms with Gasteiger partial charge in [0.05, 0.1) is 29.2 Å². The van der Waals surface area contributed by atoms with E-state index >= 15 is 0 Å². The molecular formula is C17H14F2N4O4S. The molecule has 8 nitrogen and oxygen atoms in total. The van der Waals surface area contributed by atoms with Crippen molar-refractivity contribution in [2.45, 2.75) is 12.1 Å². The second kappa shape index (κ2) is 7.40. The molecule has 0 saturated carbocycles. The number of hydrogen-bond acceptors (Lipinski definition) is 5. The molecule has 1 fully saturated rings. The van der Waals surface area contributed by atoms with Gasteiger partial charge >= 0.3 is 0 Å². The summed E-state index contributed by atoms with van der Waals surface area (Å²) in [6, 6.07) is 3.81. The fourth-order valence-corrected chi connectivity index (χ4v) is 4.72. The van der Waals surface area contributed by atoms with Gasteiger partial charge in [-0.3, -0.25) is 9.59 Å². The Hall–Kier alpha value is -3.26. The predicted octanol–water partition coefficient (Wildman–Crippen LogP) is 0.490. The molecule has 2 atom stereocenters. The highest BCUT2D eigenvalue weighted by molar-refractivity contribution is 7.91. The van der Waals surface area contributed by atoms with Crippen molar-refractivity contribution in [2.75, 3.05) is 11.5 Å². The molecule has 2 heterocycles. The number of aromatic nitrogens is 1. The Labute approximate surface area is 158 Å². The standard InChI is InChI=1S/C17H14F2N4O4S/c18-11-2-1-10(4-12(11)19)16(24)22-14-7-28(26,27)8-15(14)23-17(25)13-3-9(5-20)6-21-13/h1-4,6,14-15,21H,7-8H2,(H,22,24)(H,23,25)/t14-,15-/m1/s1. The number of hydrogen-bond donors (Lipinski definition) is 3. The molecule has 3 rings (SSSR count). The quantitative estimate of drug-likeness (QED) is 0.677. The number of nitriles is 1. The number of H-pyrrole nitrogens is 1. The van der Waals surface area contributed by atoms with E-state index < -0.39 is 56.9 Å². The molecular weight excluding hydrogens is 394 g/mol. The molecule has 1 aliphatic rings. The Morgan fingerprint density at radius 1 is 1.07 bits per heavy atom. The van der Waals surface area contributed by atoms with Crippen molar-refractivity contribution in [1.29, 1.82) is 5.26 Å². The zero-order chi connectivity index (χ0) is 20.5. The number of amides is 2. The van der Waals surface area contributed by atoms with Gasteiger partial charge in [0, 0.05) is 11.8 Å². The number of carbonyl (C=O) groups is 2. The molecule has 1 aliphatic heterocycles. The van der Waals surface area contributed by atoms with Crippen molar-refractivity contribution in [3.8, 4) is 6.07 Å². The monoisotopic (exact) mass is 408 g/mol. The molecule has 2 amide bonds. The molecule has 28 heavy (non-hydrogen) atoms. The van der Waals surface area contributed by atoms with Crippen LogP contribution in [0.4, 0.5) is 8.78 Å². The number of nitrogens with one attached hydrogen (secondary N) is 3. The SMILES string of the molecule is N#Cc1c[nH]c(C(=O)N[C@@H]2CS(=O)(=O)C[C@H]2NC(=O)c2ccc(F)c(F)c2)c1. The van der Waals surface area contributed by atoms with Gasteiger partial charge in [0.1, 0.15) is 11.8 Å². The summed E-state index contributed by atoms with van der Waals surface area (Å²) in [5.74, 6) is -4.58. The molecule has 0 unspecified atom stereocenters. The molecule has 1 saturated heterocycles. The van der Waals surface area contributed by atoms with Crippen LogP contribution >= 0.6 is 0 Å².